The minimum Gasteiger partial charge on any atom is -0.478 e. The maximum absolute atomic E-state index is 12.4. The highest BCUT2D eigenvalue weighted by atomic mass is 32.2. The van der Waals surface area contributed by atoms with Gasteiger partial charge in [-0.05, 0) is 49.3 Å². The van der Waals surface area contributed by atoms with Crippen LogP contribution in [-0.2, 0) is 14.6 Å². The van der Waals surface area contributed by atoms with E-state index in [0.29, 0.717) is 30.5 Å². The number of hydrogen-bond donors (Lipinski definition) is 2. The lowest BCUT2D eigenvalue weighted by Crippen LogP contribution is -2.28. The topological polar surface area (TPSA) is 101 Å². The Morgan fingerprint density at radius 2 is 1.91 bits per heavy atom. The van der Waals surface area contributed by atoms with Gasteiger partial charge in [-0.25, -0.2) is 13.2 Å². The van der Waals surface area contributed by atoms with Gasteiger partial charge in [-0.2, -0.15) is 0 Å². The number of anilines is 1. The van der Waals surface area contributed by atoms with E-state index in [1.807, 2.05) is 0 Å². The summed E-state index contributed by atoms with van der Waals surface area (Å²) in [4.78, 5) is 23.5. The maximum Gasteiger partial charge on any atom is 0.336 e. The second kappa shape index (κ2) is 5.33. The molecule has 2 N–H and O–H groups in total. The highest BCUT2D eigenvalue weighted by molar-refractivity contribution is 7.91. The first-order chi connectivity index (χ1) is 10.7. The van der Waals surface area contributed by atoms with Crippen molar-refractivity contribution in [3.8, 4) is 0 Å². The SMILES string of the molecule is Cc1ccc(NC(=O)C2CC23CCS(=O)(=O)CC3)cc1C(=O)O. The van der Waals surface area contributed by atoms with Gasteiger partial charge in [0.1, 0.15) is 9.84 Å². The van der Waals surface area contributed by atoms with Gasteiger partial charge in [-0.3, -0.25) is 4.79 Å². The Hall–Kier alpha value is -1.89. The summed E-state index contributed by atoms with van der Waals surface area (Å²) in [6.07, 6.45) is 1.80. The highest BCUT2D eigenvalue weighted by Gasteiger charge is 2.59. The van der Waals surface area contributed by atoms with Crippen molar-refractivity contribution < 1.29 is 23.1 Å². The number of sulfone groups is 1. The van der Waals surface area contributed by atoms with Crippen LogP contribution in [0.1, 0.15) is 35.2 Å². The van der Waals surface area contributed by atoms with Gasteiger partial charge in [0.25, 0.3) is 0 Å². The normalized spacial score (nSPS) is 24.1. The van der Waals surface area contributed by atoms with E-state index < -0.39 is 15.8 Å². The van der Waals surface area contributed by atoms with E-state index in [2.05, 4.69) is 5.32 Å². The van der Waals surface area contributed by atoms with E-state index in [4.69, 9.17) is 5.11 Å². The van der Waals surface area contributed by atoms with E-state index >= 15 is 0 Å². The number of carboxylic acid groups (broad SMARTS) is 1. The molecule has 1 aromatic carbocycles. The molecule has 7 heteroatoms. The van der Waals surface area contributed by atoms with Crippen molar-refractivity contribution in [1.82, 2.24) is 0 Å². The van der Waals surface area contributed by atoms with Crippen LogP contribution in [0.25, 0.3) is 0 Å². The maximum atomic E-state index is 12.4. The lowest BCUT2D eigenvalue weighted by atomic mass is 9.96. The Balaban J connectivity index is 1.68. The number of rotatable bonds is 3. The summed E-state index contributed by atoms with van der Waals surface area (Å²) in [5.41, 5.74) is 1.09. The third-order valence-corrected chi connectivity index (χ3v) is 6.72. The van der Waals surface area contributed by atoms with Crippen molar-refractivity contribution in [2.75, 3.05) is 16.8 Å². The fourth-order valence-corrected chi connectivity index (χ4v) is 5.01. The van der Waals surface area contributed by atoms with Gasteiger partial charge in [-0.1, -0.05) is 6.07 Å². The zero-order chi connectivity index (χ0) is 16.8. The quantitative estimate of drug-likeness (QED) is 0.876. The number of carbonyl (C=O) groups is 2. The fraction of sp³-hybridized carbons (Fsp3) is 0.500. The summed E-state index contributed by atoms with van der Waals surface area (Å²) >= 11 is 0. The molecule has 3 rings (SSSR count). The molecule has 1 aliphatic carbocycles. The lowest BCUT2D eigenvalue weighted by Gasteiger charge is -2.22. The Kier molecular flexibility index (Phi) is 3.71. The number of carboxylic acids is 1. The van der Waals surface area contributed by atoms with Crippen molar-refractivity contribution in [3.63, 3.8) is 0 Å². The zero-order valence-corrected chi connectivity index (χ0v) is 13.6. The van der Waals surface area contributed by atoms with Crippen LogP contribution in [-0.4, -0.2) is 36.9 Å². The van der Waals surface area contributed by atoms with Gasteiger partial charge in [0, 0.05) is 11.6 Å². The third-order valence-electron chi connectivity index (χ3n) is 5.06. The van der Waals surface area contributed by atoms with E-state index in [9.17, 15) is 18.0 Å². The standard InChI is InChI=1S/C16H19NO5S/c1-10-2-3-11(8-12(10)15(19)20)17-14(18)13-9-16(13)4-6-23(21,22)7-5-16/h2-3,8,13H,4-7,9H2,1H3,(H,17,18)(H,19,20). The van der Waals surface area contributed by atoms with Gasteiger partial charge in [0.15, 0.2) is 0 Å². The number of carbonyl (C=O) groups excluding carboxylic acids is 1. The van der Waals surface area contributed by atoms with Crippen molar-refractivity contribution in [1.29, 1.82) is 0 Å². The molecule has 1 heterocycles. The number of aryl methyl sites for hydroxylation is 1. The van der Waals surface area contributed by atoms with E-state index in [-0.39, 0.29) is 34.3 Å². The number of benzene rings is 1. The number of nitrogens with one attached hydrogen (secondary N) is 1. The summed E-state index contributed by atoms with van der Waals surface area (Å²) in [7, 11) is -2.94. The molecular formula is C16H19NO5S. The molecule has 1 aliphatic heterocycles. The minimum absolute atomic E-state index is 0.149. The smallest absolute Gasteiger partial charge is 0.336 e. The Morgan fingerprint density at radius 1 is 1.26 bits per heavy atom. The molecule has 0 radical (unpaired) electrons. The summed E-state index contributed by atoms with van der Waals surface area (Å²) in [5, 5.41) is 11.9. The van der Waals surface area contributed by atoms with Gasteiger partial charge in [0.2, 0.25) is 5.91 Å². The summed E-state index contributed by atoms with van der Waals surface area (Å²) < 4.78 is 23.0. The molecule has 1 unspecified atom stereocenters. The first-order valence-corrected chi connectivity index (χ1v) is 9.40. The molecule has 1 spiro atoms. The number of aromatic carboxylic acids is 1. The molecule has 0 bridgehead atoms. The molecule has 23 heavy (non-hydrogen) atoms. The molecular weight excluding hydrogens is 318 g/mol. The van der Waals surface area contributed by atoms with Crippen LogP contribution < -0.4 is 5.32 Å². The van der Waals surface area contributed by atoms with E-state index in [0.717, 1.165) is 0 Å². The number of hydrogen-bond acceptors (Lipinski definition) is 4. The molecule has 1 saturated carbocycles. The second-order valence-electron chi connectivity index (χ2n) is 6.60. The Labute approximate surface area is 134 Å². The van der Waals surface area contributed by atoms with E-state index in [1.54, 1.807) is 19.1 Å². The van der Waals surface area contributed by atoms with Crippen molar-refractivity contribution in [3.05, 3.63) is 29.3 Å². The fourth-order valence-electron chi connectivity index (χ4n) is 3.38. The molecule has 0 aromatic heterocycles. The van der Waals surface area contributed by atoms with E-state index in [1.165, 1.54) is 6.07 Å². The summed E-state index contributed by atoms with van der Waals surface area (Å²) in [5.74, 6) is -1.04. The largest absolute Gasteiger partial charge is 0.478 e. The molecule has 1 saturated heterocycles. The van der Waals surface area contributed by atoms with Gasteiger partial charge in [-0.15, -0.1) is 0 Å². The predicted molar refractivity (Wildman–Crippen MR) is 85.2 cm³/mol. The molecule has 1 amide bonds. The van der Waals surface area contributed by atoms with Crippen LogP contribution in [0.3, 0.4) is 0 Å². The molecule has 6 nitrogen and oxygen atoms in total. The Morgan fingerprint density at radius 3 is 2.52 bits per heavy atom. The average Bonchev–Trinajstić information content (AvgIpc) is 3.19. The van der Waals surface area contributed by atoms with Crippen LogP contribution in [0.5, 0.6) is 0 Å². The van der Waals surface area contributed by atoms with Crippen LogP contribution in [0.15, 0.2) is 18.2 Å². The van der Waals surface area contributed by atoms with Gasteiger partial charge < -0.3 is 10.4 Å². The van der Waals surface area contributed by atoms with Crippen LogP contribution in [0.2, 0.25) is 0 Å². The highest BCUT2D eigenvalue weighted by Crippen LogP contribution is 2.60. The first kappa shape index (κ1) is 16.0. The van der Waals surface area contributed by atoms with Crippen molar-refractivity contribution in [2.24, 2.45) is 11.3 Å². The molecule has 1 aromatic rings. The van der Waals surface area contributed by atoms with Crippen LogP contribution in [0, 0.1) is 18.3 Å². The van der Waals surface area contributed by atoms with Crippen LogP contribution in [0.4, 0.5) is 5.69 Å². The van der Waals surface area contributed by atoms with Gasteiger partial charge >= 0.3 is 5.97 Å². The monoisotopic (exact) mass is 337 g/mol. The zero-order valence-electron chi connectivity index (χ0n) is 12.8. The molecule has 1 atom stereocenters. The first-order valence-electron chi connectivity index (χ1n) is 7.58. The predicted octanol–water partition coefficient (Wildman–Crippen LogP) is 1.85. The third kappa shape index (κ3) is 3.10. The molecule has 124 valence electrons. The summed E-state index contributed by atoms with van der Waals surface area (Å²) in [6.45, 7) is 1.70. The molecule has 2 fully saturated rings. The Bertz CT molecular complexity index is 770. The number of amides is 1. The summed E-state index contributed by atoms with van der Waals surface area (Å²) in [6, 6.07) is 4.80. The van der Waals surface area contributed by atoms with Crippen molar-refractivity contribution >= 4 is 27.4 Å². The second-order valence-corrected chi connectivity index (χ2v) is 8.90. The lowest BCUT2D eigenvalue weighted by molar-refractivity contribution is -0.118. The average molecular weight is 337 g/mol. The minimum atomic E-state index is -2.94. The van der Waals surface area contributed by atoms with Gasteiger partial charge in [0.05, 0.1) is 17.1 Å². The van der Waals surface area contributed by atoms with Crippen LogP contribution >= 0.6 is 0 Å². The molecule has 2 aliphatic rings. The van der Waals surface area contributed by atoms with Crippen molar-refractivity contribution in [2.45, 2.75) is 26.2 Å².